The third-order valence-corrected chi connectivity index (χ3v) is 3.18. The second-order valence-electron chi connectivity index (χ2n) is 4.80. The molecule has 0 aromatic carbocycles. The standard InChI is InChI=1S/C14H21ClN2O2/c1-4-5-6-9-17(10(2)3)13-11(14(18)19)7-8-12(15)16-13/h7-8,10H,4-6,9H2,1-3H3,(H,18,19). The van der Waals surface area contributed by atoms with E-state index >= 15 is 0 Å². The molecule has 0 saturated heterocycles. The molecule has 19 heavy (non-hydrogen) atoms. The van der Waals surface area contributed by atoms with E-state index in [2.05, 4.69) is 11.9 Å². The Labute approximate surface area is 119 Å². The van der Waals surface area contributed by atoms with E-state index in [0.29, 0.717) is 11.0 Å². The van der Waals surface area contributed by atoms with Crippen molar-refractivity contribution in [2.75, 3.05) is 11.4 Å². The summed E-state index contributed by atoms with van der Waals surface area (Å²) in [6.45, 7) is 6.99. The van der Waals surface area contributed by atoms with E-state index in [0.717, 1.165) is 25.8 Å². The largest absolute Gasteiger partial charge is 0.478 e. The lowest BCUT2D eigenvalue weighted by atomic mass is 10.2. The van der Waals surface area contributed by atoms with Gasteiger partial charge in [-0.3, -0.25) is 0 Å². The minimum atomic E-state index is -0.972. The van der Waals surface area contributed by atoms with Gasteiger partial charge in [-0.2, -0.15) is 0 Å². The zero-order valence-corrected chi connectivity index (χ0v) is 12.4. The quantitative estimate of drug-likeness (QED) is 0.610. The fourth-order valence-electron chi connectivity index (χ4n) is 1.95. The highest BCUT2D eigenvalue weighted by molar-refractivity contribution is 6.29. The van der Waals surface area contributed by atoms with E-state index in [1.807, 2.05) is 18.7 Å². The first-order valence-electron chi connectivity index (χ1n) is 6.63. The lowest BCUT2D eigenvalue weighted by Gasteiger charge is -2.29. The third kappa shape index (κ3) is 4.39. The minimum Gasteiger partial charge on any atom is -0.478 e. The van der Waals surface area contributed by atoms with Crippen LogP contribution in [-0.4, -0.2) is 28.6 Å². The number of hydrogen-bond acceptors (Lipinski definition) is 3. The maximum Gasteiger partial charge on any atom is 0.339 e. The highest BCUT2D eigenvalue weighted by atomic mass is 35.5. The SMILES string of the molecule is CCCCCN(c1nc(Cl)ccc1C(=O)O)C(C)C. The van der Waals surface area contributed by atoms with Crippen LogP contribution in [0, 0.1) is 0 Å². The van der Waals surface area contributed by atoms with Gasteiger partial charge in [0.25, 0.3) is 0 Å². The first-order chi connectivity index (χ1) is 8.97. The molecular weight excluding hydrogens is 264 g/mol. The van der Waals surface area contributed by atoms with Gasteiger partial charge in [-0.05, 0) is 32.4 Å². The molecule has 0 atom stereocenters. The molecule has 0 aliphatic carbocycles. The molecule has 0 radical (unpaired) electrons. The summed E-state index contributed by atoms with van der Waals surface area (Å²) in [7, 11) is 0. The molecule has 0 aliphatic heterocycles. The van der Waals surface area contributed by atoms with E-state index < -0.39 is 5.97 Å². The van der Waals surface area contributed by atoms with Crippen LogP contribution in [0.25, 0.3) is 0 Å². The number of rotatable bonds is 7. The highest BCUT2D eigenvalue weighted by Gasteiger charge is 2.20. The van der Waals surface area contributed by atoms with Crippen LogP contribution in [0.15, 0.2) is 12.1 Å². The molecule has 1 N–H and O–H groups in total. The van der Waals surface area contributed by atoms with Gasteiger partial charge >= 0.3 is 5.97 Å². The van der Waals surface area contributed by atoms with Gasteiger partial charge < -0.3 is 10.0 Å². The Morgan fingerprint density at radius 3 is 2.63 bits per heavy atom. The molecule has 106 valence electrons. The third-order valence-electron chi connectivity index (χ3n) is 2.97. The Hall–Kier alpha value is -1.29. The van der Waals surface area contributed by atoms with Gasteiger partial charge in [-0.15, -0.1) is 0 Å². The Balaban J connectivity index is 3.06. The van der Waals surface area contributed by atoms with Gasteiger partial charge in [0, 0.05) is 12.6 Å². The van der Waals surface area contributed by atoms with Crippen molar-refractivity contribution < 1.29 is 9.90 Å². The maximum atomic E-state index is 11.3. The molecule has 1 heterocycles. The molecule has 1 rings (SSSR count). The number of hydrogen-bond donors (Lipinski definition) is 1. The molecule has 0 bridgehead atoms. The highest BCUT2D eigenvalue weighted by Crippen LogP contribution is 2.23. The summed E-state index contributed by atoms with van der Waals surface area (Å²) in [5.74, 6) is -0.508. The maximum absolute atomic E-state index is 11.3. The summed E-state index contributed by atoms with van der Waals surface area (Å²) in [5.41, 5.74) is 0.203. The van der Waals surface area contributed by atoms with Crippen molar-refractivity contribution in [2.45, 2.75) is 46.1 Å². The topological polar surface area (TPSA) is 53.4 Å². The van der Waals surface area contributed by atoms with Gasteiger partial charge in [0.2, 0.25) is 0 Å². The van der Waals surface area contributed by atoms with Gasteiger partial charge in [-0.25, -0.2) is 9.78 Å². The average Bonchev–Trinajstić information content (AvgIpc) is 2.33. The van der Waals surface area contributed by atoms with Gasteiger partial charge in [-0.1, -0.05) is 31.4 Å². The molecule has 0 unspecified atom stereocenters. The van der Waals surface area contributed by atoms with Crippen LogP contribution in [-0.2, 0) is 0 Å². The summed E-state index contributed by atoms with van der Waals surface area (Å²) in [6, 6.07) is 3.21. The van der Waals surface area contributed by atoms with Crippen molar-refractivity contribution in [3.05, 3.63) is 22.8 Å². The normalized spacial score (nSPS) is 10.8. The van der Waals surface area contributed by atoms with Crippen LogP contribution < -0.4 is 4.90 Å². The zero-order valence-electron chi connectivity index (χ0n) is 11.7. The van der Waals surface area contributed by atoms with Crippen LogP contribution in [0.4, 0.5) is 5.82 Å². The molecule has 1 aromatic rings. The summed E-state index contributed by atoms with van der Waals surface area (Å²) in [6.07, 6.45) is 3.26. The molecule has 0 fully saturated rings. The van der Waals surface area contributed by atoms with Gasteiger partial charge in [0.1, 0.15) is 16.5 Å². The monoisotopic (exact) mass is 284 g/mol. The number of carboxylic acids is 1. The predicted octanol–water partition coefficient (Wildman–Crippen LogP) is 3.84. The number of pyridine rings is 1. The summed E-state index contributed by atoms with van der Waals surface area (Å²) in [5, 5.41) is 9.57. The van der Waals surface area contributed by atoms with Crippen molar-refractivity contribution in [3.8, 4) is 0 Å². The second-order valence-corrected chi connectivity index (χ2v) is 5.19. The lowest BCUT2D eigenvalue weighted by molar-refractivity contribution is 0.0697. The van der Waals surface area contributed by atoms with Crippen molar-refractivity contribution in [1.82, 2.24) is 4.98 Å². The van der Waals surface area contributed by atoms with Crippen molar-refractivity contribution >= 4 is 23.4 Å². The number of halogens is 1. The van der Waals surface area contributed by atoms with Crippen LogP contribution in [0.3, 0.4) is 0 Å². The number of anilines is 1. The van der Waals surface area contributed by atoms with Crippen LogP contribution in [0.1, 0.15) is 50.4 Å². The van der Waals surface area contributed by atoms with Gasteiger partial charge in [0.15, 0.2) is 0 Å². The number of nitrogens with zero attached hydrogens (tertiary/aromatic N) is 2. The first kappa shape index (κ1) is 15.8. The molecule has 0 aliphatic rings. The van der Waals surface area contributed by atoms with E-state index in [1.165, 1.54) is 12.1 Å². The Morgan fingerprint density at radius 2 is 2.11 bits per heavy atom. The fraction of sp³-hybridized carbons (Fsp3) is 0.571. The Morgan fingerprint density at radius 1 is 1.42 bits per heavy atom. The van der Waals surface area contributed by atoms with Crippen molar-refractivity contribution in [3.63, 3.8) is 0 Å². The van der Waals surface area contributed by atoms with Gasteiger partial charge in [0.05, 0.1) is 0 Å². The number of unbranched alkanes of at least 4 members (excludes halogenated alkanes) is 2. The van der Waals surface area contributed by atoms with E-state index in [4.69, 9.17) is 11.6 Å². The summed E-state index contributed by atoms with van der Waals surface area (Å²) in [4.78, 5) is 17.5. The Kier molecular flexibility index (Phi) is 6.09. The first-order valence-corrected chi connectivity index (χ1v) is 7.01. The molecule has 4 nitrogen and oxygen atoms in total. The molecule has 1 aromatic heterocycles. The number of aromatic nitrogens is 1. The Bertz CT molecular complexity index is 435. The minimum absolute atomic E-state index is 0.181. The number of aromatic carboxylic acids is 1. The van der Waals surface area contributed by atoms with Crippen LogP contribution in [0.5, 0.6) is 0 Å². The summed E-state index contributed by atoms with van der Waals surface area (Å²) >= 11 is 5.90. The molecular formula is C14H21ClN2O2. The van der Waals surface area contributed by atoms with Crippen LogP contribution >= 0.6 is 11.6 Å². The molecule has 0 spiro atoms. The van der Waals surface area contributed by atoms with Crippen LogP contribution in [0.2, 0.25) is 5.15 Å². The van der Waals surface area contributed by atoms with Crippen molar-refractivity contribution in [2.24, 2.45) is 0 Å². The number of carbonyl (C=O) groups is 1. The molecule has 0 saturated carbocycles. The predicted molar refractivity (Wildman–Crippen MR) is 78.2 cm³/mol. The molecule has 0 amide bonds. The van der Waals surface area contributed by atoms with E-state index in [9.17, 15) is 9.90 Å². The second kappa shape index (κ2) is 7.34. The summed E-state index contributed by atoms with van der Waals surface area (Å²) < 4.78 is 0. The smallest absolute Gasteiger partial charge is 0.339 e. The van der Waals surface area contributed by atoms with E-state index in [-0.39, 0.29) is 11.6 Å². The fourth-order valence-corrected chi connectivity index (χ4v) is 2.10. The zero-order chi connectivity index (χ0) is 14.4. The number of carboxylic acid groups (broad SMARTS) is 1. The lowest BCUT2D eigenvalue weighted by Crippen LogP contribution is -2.34. The van der Waals surface area contributed by atoms with Crippen molar-refractivity contribution in [1.29, 1.82) is 0 Å². The average molecular weight is 285 g/mol. The van der Waals surface area contributed by atoms with E-state index in [1.54, 1.807) is 0 Å². The molecule has 5 heteroatoms.